The topological polar surface area (TPSA) is 67.9 Å². The highest BCUT2D eigenvalue weighted by molar-refractivity contribution is 9.10. The Labute approximate surface area is 240 Å². The third-order valence-electron chi connectivity index (χ3n) is 6.01. The minimum atomic E-state index is -4.86. The summed E-state index contributed by atoms with van der Waals surface area (Å²) in [6, 6.07) is 18.8. The van der Waals surface area contributed by atoms with Gasteiger partial charge in [-0.15, -0.1) is 18.2 Å². The number of ether oxygens (including phenoxy) is 1. The van der Waals surface area contributed by atoms with Crippen molar-refractivity contribution in [1.29, 1.82) is 0 Å². The van der Waals surface area contributed by atoms with Gasteiger partial charge in [0.1, 0.15) is 5.75 Å². The van der Waals surface area contributed by atoms with E-state index in [1.54, 1.807) is 24.3 Å². The lowest BCUT2D eigenvalue weighted by atomic mass is 10.1. The van der Waals surface area contributed by atoms with E-state index in [0.717, 1.165) is 18.4 Å². The fraction of sp³-hybridized carbons (Fsp3) is 0.333. The van der Waals surface area contributed by atoms with E-state index in [2.05, 4.69) is 45.0 Å². The average Bonchev–Trinajstić information content (AvgIpc) is 2.89. The zero-order chi connectivity index (χ0) is 29.1. The van der Waals surface area contributed by atoms with Crippen LogP contribution in [0, 0.1) is 0 Å². The van der Waals surface area contributed by atoms with Crippen molar-refractivity contribution in [2.45, 2.75) is 65.5 Å². The molecule has 0 saturated carbocycles. The van der Waals surface area contributed by atoms with Crippen molar-refractivity contribution in [2.75, 3.05) is 0 Å². The standard InChI is InChI=1S/C30H32BrF3N2O4/c1-3-4-5-8-22-11-13-23(14-12-22)18-35-29(38)24-15-16-25(27(31)17-24)19-36(40-21(2)37)20-26-9-6-7-10-28(26)39-30(32,33)34/h6-7,9-17H,3-5,8,18-20H2,1-2H3,(H,35,38). The number of hydrogen-bond donors (Lipinski definition) is 1. The summed E-state index contributed by atoms with van der Waals surface area (Å²) in [4.78, 5) is 29.7. The molecule has 1 amide bonds. The average molecular weight is 621 g/mol. The van der Waals surface area contributed by atoms with E-state index in [4.69, 9.17) is 4.84 Å². The third kappa shape index (κ3) is 10.3. The lowest BCUT2D eigenvalue weighted by molar-refractivity contribution is -0.275. The number of carbonyl (C=O) groups excluding carboxylic acids is 2. The van der Waals surface area contributed by atoms with Crippen LogP contribution in [0.2, 0.25) is 0 Å². The van der Waals surface area contributed by atoms with E-state index in [1.807, 2.05) is 12.1 Å². The molecule has 40 heavy (non-hydrogen) atoms. The van der Waals surface area contributed by atoms with Gasteiger partial charge in [0, 0.05) is 29.1 Å². The molecule has 0 heterocycles. The second-order valence-corrected chi connectivity index (χ2v) is 10.2. The van der Waals surface area contributed by atoms with E-state index < -0.39 is 12.3 Å². The minimum absolute atomic E-state index is 0.0486. The molecule has 0 bridgehead atoms. The molecule has 6 nitrogen and oxygen atoms in total. The highest BCUT2D eigenvalue weighted by atomic mass is 79.9. The molecule has 0 aliphatic rings. The van der Waals surface area contributed by atoms with Gasteiger partial charge in [-0.3, -0.25) is 9.59 Å². The van der Waals surface area contributed by atoms with Crippen LogP contribution >= 0.6 is 15.9 Å². The Bertz CT molecular complexity index is 1280. The molecule has 0 radical (unpaired) electrons. The van der Waals surface area contributed by atoms with Crippen LogP contribution < -0.4 is 10.1 Å². The Balaban J connectivity index is 1.64. The second-order valence-electron chi connectivity index (χ2n) is 9.30. The molecule has 0 saturated heterocycles. The van der Waals surface area contributed by atoms with Crippen LogP contribution in [0.5, 0.6) is 5.75 Å². The van der Waals surface area contributed by atoms with Gasteiger partial charge < -0.3 is 14.9 Å². The lowest BCUT2D eigenvalue weighted by Gasteiger charge is -2.23. The summed E-state index contributed by atoms with van der Waals surface area (Å²) in [6.07, 6.45) is -0.265. The lowest BCUT2D eigenvalue weighted by Crippen LogP contribution is -2.27. The number of benzene rings is 3. The molecule has 214 valence electrons. The van der Waals surface area contributed by atoms with Gasteiger partial charge in [0.05, 0.1) is 13.1 Å². The van der Waals surface area contributed by atoms with Crippen LogP contribution in [0.15, 0.2) is 71.2 Å². The van der Waals surface area contributed by atoms with Crippen molar-refractivity contribution in [3.05, 3.63) is 99.0 Å². The Hall–Kier alpha value is -3.37. The summed E-state index contributed by atoms with van der Waals surface area (Å²) in [5.74, 6) is -1.27. The zero-order valence-electron chi connectivity index (χ0n) is 22.4. The summed E-state index contributed by atoms with van der Waals surface area (Å²) in [5, 5.41) is 4.14. The number of hydroxylamine groups is 2. The quantitative estimate of drug-likeness (QED) is 0.158. The monoisotopic (exact) mass is 620 g/mol. The molecule has 10 heteroatoms. The van der Waals surface area contributed by atoms with E-state index in [1.165, 1.54) is 48.6 Å². The molecule has 0 atom stereocenters. The first-order valence-electron chi connectivity index (χ1n) is 13.0. The number of para-hydroxylation sites is 1. The summed E-state index contributed by atoms with van der Waals surface area (Å²) in [7, 11) is 0. The first-order valence-corrected chi connectivity index (χ1v) is 13.7. The fourth-order valence-corrected chi connectivity index (χ4v) is 4.55. The first-order chi connectivity index (χ1) is 19.0. The van der Waals surface area contributed by atoms with Gasteiger partial charge in [-0.1, -0.05) is 84.2 Å². The van der Waals surface area contributed by atoms with Gasteiger partial charge >= 0.3 is 12.3 Å². The van der Waals surface area contributed by atoms with Crippen molar-refractivity contribution in [3.63, 3.8) is 0 Å². The molecule has 0 aliphatic heterocycles. The first kappa shape index (κ1) is 31.2. The number of halogens is 4. The zero-order valence-corrected chi connectivity index (χ0v) is 24.0. The molecule has 0 aromatic heterocycles. The molecular weight excluding hydrogens is 589 g/mol. The number of nitrogens with zero attached hydrogens (tertiary/aromatic N) is 1. The van der Waals surface area contributed by atoms with Crippen LogP contribution in [0.3, 0.4) is 0 Å². The van der Waals surface area contributed by atoms with Crippen molar-refractivity contribution >= 4 is 27.8 Å². The maximum absolute atomic E-state index is 12.8. The van der Waals surface area contributed by atoms with Gasteiger partial charge in [-0.2, -0.15) is 0 Å². The highest BCUT2D eigenvalue weighted by Gasteiger charge is 2.32. The second kappa shape index (κ2) is 14.9. The number of nitrogens with one attached hydrogen (secondary N) is 1. The summed E-state index contributed by atoms with van der Waals surface area (Å²) >= 11 is 3.46. The van der Waals surface area contributed by atoms with E-state index in [0.29, 0.717) is 22.1 Å². The number of alkyl halides is 3. The largest absolute Gasteiger partial charge is 0.573 e. The maximum atomic E-state index is 12.8. The predicted octanol–water partition coefficient (Wildman–Crippen LogP) is 7.49. The van der Waals surface area contributed by atoms with Crippen molar-refractivity contribution < 1.29 is 32.3 Å². The number of unbranched alkanes of at least 4 members (excludes halogenated alkanes) is 2. The van der Waals surface area contributed by atoms with Crippen LogP contribution in [0.25, 0.3) is 0 Å². The summed E-state index contributed by atoms with van der Waals surface area (Å²) in [5.41, 5.74) is 3.54. The SMILES string of the molecule is CCCCCc1ccc(CNC(=O)c2ccc(CN(Cc3ccccc3OC(F)(F)F)OC(C)=O)c(Br)c2)cc1. The van der Waals surface area contributed by atoms with E-state index >= 15 is 0 Å². The van der Waals surface area contributed by atoms with Gasteiger partial charge in [-0.25, -0.2) is 0 Å². The predicted molar refractivity (Wildman–Crippen MR) is 149 cm³/mol. The molecule has 3 aromatic carbocycles. The summed E-state index contributed by atoms with van der Waals surface area (Å²) < 4.78 is 43.2. The Morgan fingerprint density at radius 1 is 0.925 bits per heavy atom. The van der Waals surface area contributed by atoms with Gasteiger partial charge in [0.15, 0.2) is 0 Å². The molecular formula is C30H32BrF3N2O4. The van der Waals surface area contributed by atoms with Crippen molar-refractivity contribution in [1.82, 2.24) is 10.4 Å². The molecule has 3 aromatic rings. The van der Waals surface area contributed by atoms with Crippen molar-refractivity contribution in [2.24, 2.45) is 0 Å². The number of amides is 1. The number of aryl methyl sites for hydroxylation is 1. The van der Waals surface area contributed by atoms with E-state index in [-0.39, 0.29) is 30.3 Å². The van der Waals surface area contributed by atoms with Crippen LogP contribution in [0.1, 0.15) is 65.7 Å². The molecule has 0 fully saturated rings. The molecule has 1 N–H and O–H groups in total. The number of rotatable bonds is 13. The third-order valence-corrected chi connectivity index (χ3v) is 6.75. The number of carbonyl (C=O) groups is 2. The molecule has 3 rings (SSSR count). The van der Waals surface area contributed by atoms with Gasteiger partial charge in [0.25, 0.3) is 5.91 Å². The Morgan fingerprint density at radius 3 is 2.25 bits per heavy atom. The smallest absolute Gasteiger partial charge is 0.405 e. The normalized spacial score (nSPS) is 11.4. The van der Waals surface area contributed by atoms with Crippen LogP contribution in [-0.2, 0) is 35.7 Å². The fourth-order valence-electron chi connectivity index (χ4n) is 4.05. The Kier molecular flexibility index (Phi) is 11.6. The van der Waals surface area contributed by atoms with Gasteiger partial charge in [0.2, 0.25) is 0 Å². The van der Waals surface area contributed by atoms with E-state index in [9.17, 15) is 22.8 Å². The highest BCUT2D eigenvalue weighted by Crippen LogP contribution is 2.28. The van der Waals surface area contributed by atoms with Crippen LogP contribution in [0.4, 0.5) is 13.2 Å². The molecule has 0 unspecified atom stereocenters. The van der Waals surface area contributed by atoms with Gasteiger partial charge in [-0.05, 0) is 47.7 Å². The van der Waals surface area contributed by atoms with Crippen LogP contribution in [-0.4, -0.2) is 23.3 Å². The maximum Gasteiger partial charge on any atom is 0.573 e. The van der Waals surface area contributed by atoms with Crippen molar-refractivity contribution in [3.8, 4) is 5.75 Å². The number of hydrogen-bond acceptors (Lipinski definition) is 5. The Morgan fingerprint density at radius 2 is 1.60 bits per heavy atom. The minimum Gasteiger partial charge on any atom is -0.405 e. The summed E-state index contributed by atoms with van der Waals surface area (Å²) in [6.45, 7) is 3.66. The molecule has 0 aliphatic carbocycles. The molecule has 0 spiro atoms.